The van der Waals surface area contributed by atoms with Crippen LogP contribution < -0.4 is 5.32 Å². The van der Waals surface area contributed by atoms with Crippen molar-refractivity contribution >= 4 is 0 Å². The van der Waals surface area contributed by atoms with Crippen LogP contribution in [-0.2, 0) is 6.42 Å². The molecule has 1 aromatic carbocycles. The van der Waals surface area contributed by atoms with E-state index in [4.69, 9.17) is 0 Å². The Morgan fingerprint density at radius 1 is 1.40 bits per heavy atom. The first-order valence-electron chi connectivity index (χ1n) is 5.78. The highest BCUT2D eigenvalue weighted by molar-refractivity contribution is 5.19. The molecule has 2 heteroatoms. The topological polar surface area (TPSA) is 12.0 Å². The summed E-state index contributed by atoms with van der Waals surface area (Å²) in [6, 6.07) is 7.56. The SMILES string of the molecule is CCNC(Cc1ccccc1F)C1CC1. The predicted octanol–water partition coefficient (Wildman–Crippen LogP) is 2.76. The normalized spacial score (nSPS) is 17.7. The van der Waals surface area contributed by atoms with Gasteiger partial charge in [0.15, 0.2) is 0 Å². The second-order valence-electron chi connectivity index (χ2n) is 4.30. The number of halogens is 1. The lowest BCUT2D eigenvalue weighted by atomic mass is 10.0. The molecule has 1 saturated carbocycles. The van der Waals surface area contributed by atoms with Crippen molar-refractivity contribution in [3.63, 3.8) is 0 Å². The van der Waals surface area contributed by atoms with E-state index in [0.717, 1.165) is 24.4 Å². The van der Waals surface area contributed by atoms with Crippen molar-refractivity contribution in [3.8, 4) is 0 Å². The lowest BCUT2D eigenvalue weighted by Gasteiger charge is -2.17. The van der Waals surface area contributed by atoms with Crippen LogP contribution in [0.3, 0.4) is 0 Å². The first kappa shape index (κ1) is 10.6. The molecule has 1 aliphatic carbocycles. The highest BCUT2D eigenvalue weighted by Gasteiger charge is 2.30. The Bertz CT molecular complexity index is 320. The lowest BCUT2D eigenvalue weighted by Crippen LogP contribution is -2.33. The molecule has 1 aliphatic rings. The second kappa shape index (κ2) is 4.75. The van der Waals surface area contributed by atoms with Gasteiger partial charge in [0.05, 0.1) is 0 Å². The molecular formula is C13H18FN. The minimum Gasteiger partial charge on any atom is -0.314 e. The first-order valence-corrected chi connectivity index (χ1v) is 5.78. The van der Waals surface area contributed by atoms with E-state index >= 15 is 0 Å². The maximum absolute atomic E-state index is 13.4. The molecule has 0 heterocycles. The molecule has 1 N–H and O–H groups in total. The molecule has 0 aliphatic heterocycles. The largest absolute Gasteiger partial charge is 0.314 e. The third-order valence-electron chi connectivity index (χ3n) is 3.06. The Balaban J connectivity index is 2.02. The van der Waals surface area contributed by atoms with Gasteiger partial charge < -0.3 is 5.32 Å². The van der Waals surface area contributed by atoms with Gasteiger partial charge in [0.2, 0.25) is 0 Å². The molecule has 1 fully saturated rings. The van der Waals surface area contributed by atoms with Crippen LogP contribution in [0.2, 0.25) is 0 Å². The molecule has 1 aromatic rings. The van der Waals surface area contributed by atoms with Gasteiger partial charge >= 0.3 is 0 Å². The van der Waals surface area contributed by atoms with Gasteiger partial charge in [-0.1, -0.05) is 25.1 Å². The highest BCUT2D eigenvalue weighted by atomic mass is 19.1. The fraction of sp³-hybridized carbons (Fsp3) is 0.538. The van der Waals surface area contributed by atoms with Gasteiger partial charge in [-0.15, -0.1) is 0 Å². The fourth-order valence-corrected chi connectivity index (χ4v) is 2.07. The summed E-state index contributed by atoms with van der Waals surface area (Å²) in [7, 11) is 0. The Kier molecular flexibility index (Phi) is 3.37. The van der Waals surface area contributed by atoms with Crippen molar-refractivity contribution < 1.29 is 4.39 Å². The van der Waals surface area contributed by atoms with Crippen LogP contribution in [0.1, 0.15) is 25.3 Å². The van der Waals surface area contributed by atoms with Crippen LogP contribution in [-0.4, -0.2) is 12.6 Å². The Hall–Kier alpha value is -0.890. The molecule has 0 saturated heterocycles. The van der Waals surface area contributed by atoms with Gasteiger partial charge in [0, 0.05) is 6.04 Å². The molecule has 0 spiro atoms. The van der Waals surface area contributed by atoms with Crippen LogP contribution >= 0.6 is 0 Å². The molecule has 15 heavy (non-hydrogen) atoms. The monoisotopic (exact) mass is 207 g/mol. The Morgan fingerprint density at radius 3 is 2.73 bits per heavy atom. The van der Waals surface area contributed by atoms with Crippen LogP contribution in [0.5, 0.6) is 0 Å². The van der Waals surface area contributed by atoms with E-state index in [1.54, 1.807) is 12.1 Å². The summed E-state index contributed by atoms with van der Waals surface area (Å²) < 4.78 is 13.4. The molecule has 0 aromatic heterocycles. The van der Waals surface area contributed by atoms with E-state index in [-0.39, 0.29) is 5.82 Å². The van der Waals surface area contributed by atoms with E-state index in [0.29, 0.717) is 6.04 Å². The van der Waals surface area contributed by atoms with Gasteiger partial charge in [-0.05, 0) is 43.4 Å². The number of hydrogen-bond donors (Lipinski definition) is 1. The smallest absolute Gasteiger partial charge is 0.126 e. The molecule has 1 atom stereocenters. The van der Waals surface area contributed by atoms with Gasteiger partial charge in [-0.3, -0.25) is 0 Å². The van der Waals surface area contributed by atoms with Crippen LogP contribution in [0, 0.1) is 11.7 Å². The zero-order chi connectivity index (χ0) is 10.7. The summed E-state index contributed by atoms with van der Waals surface area (Å²) in [5.41, 5.74) is 0.843. The molecule has 2 rings (SSSR count). The molecular weight excluding hydrogens is 189 g/mol. The van der Waals surface area contributed by atoms with Crippen LogP contribution in [0.15, 0.2) is 24.3 Å². The van der Waals surface area contributed by atoms with E-state index in [1.165, 1.54) is 12.8 Å². The average Bonchev–Trinajstić information content (AvgIpc) is 3.04. The zero-order valence-corrected chi connectivity index (χ0v) is 9.17. The van der Waals surface area contributed by atoms with E-state index in [1.807, 2.05) is 12.1 Å². The lowest BCUT2D eigenvalue weighted by molar-refractivity contribution is 0.463. The van der Waals surface area contributed by atoms with Gasteiger partial charge in [-0.2, -0.15) is 0 Å². The minimum atomic E-state index is -0.0685. The second-order valence-corrected chi connectivity index (χ2v) is 4.30. The number of nitrogens with one attached hydrogen (secondary N) is 1. The maximum atomic E-state index is 13.4. The van der Waals surface area contributed by atoms with Crippen LogP contribution in [0.4, 0.5) is 4.39 Å². The number of rotatable bonds is 5. The van der Waals surface area contributed by atoms with Gasteiger partial charge in [0.25, 0.3) is 0 Å². The van der Waals surface area contributed by atoms with Crippen LogP contribution in [0.25, 0.3) is 0 Å². The minimum absolute atomic E-state index is 0.0685. The molecule has 1 nitrogen and oxygen atoms in total. The molecule has 0 amide bonds. The number of benzene rings is 1. The molecule has 0 radical (unpaired) electrons. The maximum Gasteiger partial charge on any atom is 0.126 e. The van der Waals surface area contributed by atoms with Crippen molar-refractivity contribution in [2.45, 2.75) is 32.2 Å². The first-order chi connectivity index (χ1) is 7.31. The predicted molar refractivity (Wildman–Crippen MR) is 60.3 cm³/mol. The quantitative estimate of drug-likeness (QED) is 0.783. The zero-order valence-electron chi connectivity index (χ0n) is 9.17. The molecule has 0 bridgehead atoms. The Morgan fingerprint density at radius 2 is 2.13 bits per heavy atom. The Labute approximate surface area is 90.7 Å². The van der Waals surface area contributed by atoms with E-state index in [9.17, 15) is 4.39 Å². The van der Waals surface area contributed by atoms with Crippen molar-refractivity contribution in [2.75, 3.05) is 6.54 Å². The van der Waals surface area contributed by atoms with Gasteiger partial charge in [-0.25, -0.2) is 4.39 Å². The van der Waals surface area contributed by atoms with E-state index in [2.05, 4.69) is 12.2 Å². The third kappa shape index (κ3) is 2.78. The summed E-state index contributed by atoms with van der Waals surface area (Å²) >= 11 is 0. The van der Waals surface area contributed by atoms with Gasteiger partial charge in [0.1, 0.15) is 5.82 Å². The fourth-order valence-electron chi connectivity index (χ4n) is 2.07. The molecule has 1 unspecified atom stereocenters. The summed E-state index contributed by atoms with van der Waals surface area (Å²) in [5, 5.41) is 3.45. The summed E-state index contributed by atoms with van der Waals surface area (Å²) in [6.45, 7) is 3.08. The van der Waals surface area contributed by atoms with E-state index < -0.39 is 0 Å². The summed E-state index contributed by atoms with van der Waals surface area (Å²) in [4.78, 5) is 0. The van der Waals surface area contributed by atoms with Crippen molar-refractivity contribution in [2.24, 2.45) is 5.92 Å². The highest BCUT2D eigenvalue weighted by Crippen LogP contribution is 2.34. The standard InChI is InChI=1S/C13H18FN/c1-2-15-13(10-7-8-10)9-11-5-3-4-6-12(11)14/h3-6,10,13,15H,2,7-9H2,1H3. The number of likely N-dealkylation sites (N-methyl/N-ethyl adjacent to an activating group) is 1. The van der Waals surface area contributed by atoms with Crippen molar-refractivity contribution in [1.82, 2.24) is 5.32 Å². The van der Waals surface area contributed by atoms with Crippen molar-refractivity contribution in [1.29, 1.82) is 0 Å². The number of hydrogen-bond acceptors (Lipinski definition) is 1. The summed E-state index contributed by atoms with van der Waals surface area (Å²) in [6.07, 6.45) is 3.42. The van der Waals surface area contributed by atoms with Crippen molar-refractivity contribution in [3.05, 3.63) is 35.6 Å². The molecule has 82 valence electrons. The summed E-state index contributed by atoms with van der Waals surface area (Å²) in [5.74, 6) is 0.700. The average molecular weight is 207 g/mol. The third-order valence-corrected chi connectivity index (χ3v) is 3.06.